The monoisotopic (exact) mass is 210 g/mol. The molecule has 0 saturated heterocycles. The molecule has 0 fully saturated rings. The predicted molar refractivity (Wildman–Crippen MR) is 58.2 cm³/mol. The van der Waals surface area contributed by atoms with E-state index in [9.17, 15) is 0 Å². The molecule has 0 aliphatic carbocycles. The van der Waals surface area contributed by atoms with Gasteiger partial charge in [-0.15, -0.1) is 22.7 Å². The van der Waals surface area contributed by atoms with Gasteiger partial charge >= 0.3 is 0 Å². The highest BCUT2D eigenvalue weighted by Crippen LogP contribution is 2.28. The van der Waals surface area contributed by atoms with Crippen LogP contribution in [0.4, 0.5) is 0 Å². The van der Waals surface area contributed by atoms with Gasteiger partial charge in [-0.3, -0.25) is 0 Å². The largest absolute Gasteiger partial charge is 0.330 e. The first-order chi connectivity index (χ1) is 6.40. The van der Waals surface area contributed by atoms with Crippen molar-refractivity contribution < 1.29 is 0 Å². The summed E-state index contributed by atoms with van der Waals surface area (Å²) in [6, 6.07) is 4.14. The van der Waals surface area contributed by atoms with E-state index in [-0.39, 0.29) is 0 Å². The SMILES string of the molecule is NCCc1cnc(-c2cccs2)s1. The van der Waals surface area contributed by atoms with Crippen molar-refractivity contribution in [2.24, 2.45) is 5.73 Å². The molecule has 0 bridgehead atoms. The Hall–Kier alpha value is -0.710. The van der Waals surface area contributed by atoms with Gasteiger partial charge in [0.15, 0.2) is 0 Å². The van der Waals surface area contributed by atoms with Gasteiger partial charge in [0, 0.05) is 11.1 Å². The second-order valence-electron chi connectivity index (χ2n) is 2.65. The molecule has 2 nitrogen and oxygen atoms in total. The number of thiophene rings is 1. The zero-order chi connectivity index (χ0) is 9.10. The Morgan fingerprint density at radius 1 is 1.46 bits per heavy atom. The first kappa shape index (κ1) is 8.87. The van der Waals surface area contributed by atoms with E-state index in [1.807, 2.05) is 12.3 Å². The first-order valence-electron chi connectivity index (χ1n) is 4.09. The molecule has 2 rings (SSSR count). The van der Waals surface area contributed by atoms with Gasteiger partial charge in [0.2, 0.25) is 0 Å². The molecule has 2 heterocycles. The van der Waals surface area contributed by atoms with E-state index in [0.717, 1.165) is 11.4 Å². The van der Waals surface area contributed by atoms with Crippen molar-refractivity contribution in [2.75, 3.05) is 6.54 Å². The van der Waals surface area contributed by atoms with Gasteiger partial charge in [-0.25, -0.2) is 4.98 Å². The number of nitrogens with two attached hydrogens (primary N) is 1. The second kappa shape index (κ2) is 4.00. The molecule has 0 amide bonds. The zero-order valence-corrected chi connectivity index (χ0v) is 8.70. The van der Waals surface area contributed by atoms with Crippen molar-refractivity contribution in [3.63, 3.8) is 0 Å². The maximum Gasteiger partial charge on any atom is 0.133 e. The van der Waals surface area contributed by atoms with Crippen LogP contribution >= 0.6 is 22.7 Å². The molecule has 2 aromatic rings. The molecule has 0 aliphatic heterocycles. The Balaban J connectivity index is 2.23. The summed E-state index contributed by atoms with van der Waals surface area (Å²) in [5.41, 5.74) is 5.47. The Morgan fingerprint density at radius 2 is 2.38 bits per heavy atom. The summed E-state index contributed by atoms with van der Waals surface area (Å²) in [6.07, 6.45) is 2.86. The topological polar surface area (TPSA) is 38.9 Å². The molecule has 0 unspecified atom stereocenters. The number of rotatable bonds is 3. The van der Waals surface area contributed by atoms with Gasteiger partial charge in [-0.2, -0.15) is 0 Å². The van der Waals surface area contributed by atoms with Crippen LogP contribution in [0.3, 0.4) is 0 Å². The normalized spacial score (nSPS) is 10.5. The van der Waals surface area contributed by atoms with Crippen molar-refractivity contribution in [3.05, 3.63) is 28.6 Å². The molecule has 0 aromatic carbocycles. The van der Waals surface area contributed by atoms with E-state index in [4.69, 9.17) is 5.73 Å². The third kappa shape index (κ3) is 1.96. The molecular weight excluding hydrogens is 200 g/mol. The molecule has 0 spiro atoms. The summed E-state index contributed by atoms with van der Waals surface area (Å²) < 4.78 is 0. The lowest BCUT2D eigenvalue weighted by molar-refractivity contribution is 0.984. The van der Waals surface area contributed by atoms with Crippen molar-refractivity contribution in [1.82, 2.24) is 4.98 Å². The lowest BCUT2D eigenvalue weighted by Gasteiger charge is -1.88. The van der Waals surface area contributed by atoms with Crippen molar-refractivity contribution in [2.45, 2.75) is 6.42 Å². The van der Waals surface area contributed by atoms with Crippen LogP contribution in [-0.4, -0.2) is 11.5 Å². The van der Waals surface area contributed by atoms with Crippen LogP contribution in [0.2, 0.25) is 0 Å². The summed E-state index contributed by atoms with van der Waals surface area (Å²) >= 11 is 3.46. The van der Waals surface area contributed by atoms with Crippen LogP contribution in [0, 0.1) is 0 Å². The smallest absolute Gasteiger partial charge is 0.133 e. The number of hydrogen-bond donors (Lipinski definition) is 1. The first-order valence-corrected chi connectivity index (χ1v) is 5.78. The number of nitrogens with zero attached hydrogens (tertiary/aromatic N) is 1. The van der Waals surface area contributed by atoms with Crippen LogP contribution in [0.25, 0.3) is 9.88 Å². The summed E-state index contributed by atoms with van der Waals surface area (Å²) in [6.45, 7) is 0.700. The number of aromatic nitrogens is 1. The molecule has 68 valence electrons. The zero-order valence-electron chi connectivity index (χ0n) is 7.06. The standard InChI is InChI=1S/C9H10N2S2/c10-4-3-7-6-11-9(13-7)8-2-1-5-12-8/h1-2,5-6H,3-4,10H2. The average molecular weight is 210 g/mol. The van der Waals surface area contributed by atoms with Crippen molar-refractivity contribution in [3.8, 4) is 9.88 Å². The van der Waals surface area contributed by atoms with Crippen molar-refractivity contribution in [1.29, 1.82) is 0 Å². The summed E-state index contributed by atoms with van der Waals surface area (Å²) in [5.74, 6) is 0. The van der Waals surface area contributed by atoms with E-state index in [0.29, 0.717) is 6.54 Å². The highest BCUT2D eigenvalue weighted by molar-refractivity contribution is 7.20. The van der Waals surface area contributed by atoms with Crippen molar-refractivity contribution >= 4 is 22.7 Å². The third-order valence-corrected chi connectivity index (χ3v) is 3.77. The molecule has 4 heteroatoms. The Kier molecular flexibility index (Phi) is 2.73. The van der Waals surface area contributed by atoms with Crippen LogP contribution < -0.4 is 5.73 Å². The number of hydrogen-bond acceptors (Lipinski definition) is 4. The molecular formula is C9H10N2S2. The summed E-state index contributed by atoms with van der Waals surface area (Å²) in [5, 5.41) is 3.18. The maximum atomic E-state index is 5.47. The fraction of sp³-hybridized carbons (Fsp3) is 0.222. The molecule has 2 N–H and O–H groups in total. The fourth-order valence-corrected chi connectivity index (χ4v) is 2.81. The number of thiazole rings is 1. The molecule has 2 aromatic heterocycles. The lowest BCUT2D eigenvalue weighted by atomic mass is 10.4. The Labute approximate surface area is 85.1 Å². The van der Waals surface area contributed by atoms with Gasteiger partial charge in [-0.1, -0.05) is 6.07 Å². The molecule has 0 radical (unpaired) electrons. The van der Waals surface area contributed by atoms with E-state index < -0.39 is 0 Å². The highest BCUT2D eigenvalue weighted by atomic mass is 32.1. The quantitative estimate of drug-likeness (QED) is 0.844. The van der Waals surface area contributed by atoms with E-state index >= 15 is 0 Å². The van der Waals surface area contributed by atoms with E-state index in [1.54, 1.807) is 22.7 Å². The Morgan fingerprint density at radius 3 is 3.08 bits per heavy atom. The van der Waals surface area contributed by atoms with Crippen LogP contribution in [0.15, 0.2) is 23.7 Å². The van der Waals surface area contributed by atoms with Gasteiger partial charge in [-0.05, 0) is 24.4 Å². The molecule has 0 aliphatic rings. The minimum absolute atomic E-state index is 0.700. The average Bonchev–Trinajstić information content (AvgIpc) is 2.70. The van der Waals surface area contributed by atoms with Gasteiger partial charge in [0.1, 0.15) is 5.01 Å². The van der Waals surface area contributed by atoms with E-state index in [1.165, 1.54) is 9.75 Å². The molecule has 13 heavy (non-hydrogen) atoms. The van der Waals surface area contributed by atoms with Crippen LogP contribution in [0.1, 0.15) is 4.88 Å². The Bertz CT molecular complexity index is 365. The summed E-state index contributed by atoms with van der Waals surface area (Å²) in [7, 11) is 0. The maximum absolute atomic E-state index is 5.47. The molecule has 0 atom stereocenters. The second-order valence-corrected chi connectivity index (χ2v) is 4.71. The lowest BCUT2D eigenvalue weighted by Crippen LogP contribution is -2.00. The summed E-state index contributed by atoms with van der Waals surface area (Å²) in [4.78, 5) is 6.86. The minimum Gasteiger partial charge on any atom is -0.330 e. The van der Waals surface area contributed by atoms with Crippen LogP contribution in [-0.2, 0) is 6.42 Å². The van der Waals surface area contributed by atoms with Crippen LogP contribution in [0.5, 0.6) is 0 Å². The predicted octanol–water partition coefficient (Wildman–Crippen LogP) is 2.37. The minimum atomic E-state index is 0.700. The highest BCUT2D eigenvalue weighted by Gasteiger charge is 2.04. The van der Waals surface area contributed by atoms with Gasteiger partial charge in [0.05, 0.1) is 4.88 Å². The van der Waals surface area contributed by atoms with Gasteiger partial charge in [0.25, 0.3) is 0 Å². The van der Waals surface area contributed by atoms with E-state index in [2.05, 4.69) is 16.4 Å². The fourth-order valence-electron chi connectivity index (χ4n) is 1.08. The third-order valence-electron chi connectivity index (χ3n) is 1.68. The van der Waals surface area contributed by atoms with Gasteiger partial charge < -0.3 is 5.73 Å². The molecule has 0 saturated carbocycles.